The Balaban J connectivity index is 3.22. The van der Waals surface area contributed by atoms with Crippen LogP contribution < -0.4 is 10.5 Å². The minimum atomic E-state index is -0.814. The first kappa shape index (κ1) is 12.7. The van der Waals surface area contributed by atoms with E-state index in [-0.39, 0.29) is 24.3 Å². The SMILES string of the molecule is COc1c(C)cc(C(N)CCO)c(O)c1F. The summed E-state index contributed by atoms with van der Waals surface area (Å²) in [6.45, 7) is 1.55. The van der Waals surface area contributed by atoms with E-state index in [1.54, 1.807) is 13.0 Å². The van der Waals surface area contributed by atoms with Crippen LogP contribution in [0, 0.1) is 12.7 Å². The van der Waals surface area contributed by atoms with E-state index >= 15 is 0 Å². The third-order valence-electron chi connectivity index (χ3n) is 2.45. The van der Waals surface area contributed by atoms with E-state index < -0.39 is 17.6 Å². The van der Waals surface area contributed by atoms with E-state index in [0.717, 1.165) is 0 Å². The number of ether oxygens (including phenoxy) is 1. The van der Waals surface area contributed by atoms with Crippen molar-refractivity contribution in [2.75, 3.05) is 13.7 Å². The number of aliphatic hydroxyl groups excluding tert-OH is 1. The smallest absolute Gasteiger partial charge is 0.207 e. The standard InChI is InChI=1S/C11H16FNO3/c1-6-5-7(8(13)3-4-14)10(15)9(12)11(6)16-2/h5,8,14-15H,3-4,13H2,1-2H3. The number of benzene rings is 1. The van der Waals surface area contributed by atoms with Gasteiger partial charge in [-0.3, -0.25) is 0 Å². The highest BCUT2D eigenvalue weighted by Crippen LogP contribution is 2.35. The molecule has 0 bridgehead atoms. The molecular formula is C11H16FNO3. The molecule has 4 nitrogen and oxygen atoms in total. The van der Waals surface area contributed by atoms with Gasteiger partial charge in [0.05, 0.1) is 7.11 Å². The van der Waals surface area contributed by atoms with Crippen molar-refractivity contribution < 1.29 is 19.3 Å². The number of nitrogens with two attached hydrogens (primary N) is 1. The summed E-state index contributed by atoms with van der Waals surface area (Å²) in [6.07, 6.45) is 0.263. The first-order chi connectivity index (χ1) is 7.52. The van der Waals surface area contributed by atoms with Crippen LogP contribution in [-0.4, -0.2) is 23.9 Å². The molecule has 0 fully saturated rings. The average molecular weight is 229 g/mol. The van der Waals surface area contributed by atoms with Crippen molar-refractivity contribution in [1.82, 2.24) is 0 Å². The van der Waals surface area contributed by atoms with E-state index in [0.29, 0.717) is 5.56 Å². The Morgan fingerprint density at radius 3 is 2.69 bits per heavy atom. The monoisotopic (exact) mass is 229 g/mol. The van der Waals surface area contributed by atoms with Crippen molar-refractivity contribution in [1.29, 1.82) is 0 Å². The first-order valence-corrected chi connectivity index (χ1v) is 4.95. The molecule has 1 aromatic rings. The Labute approximate surface area is 93.5 Å². The van der Waals surface area contributed by atoms with Gasteiger partial charge < -0.3 is 20.7 Å². The molecule has 1 rings (SSSR count). The highest BCUT2D eigenvalue weighted by molar-refractivity contribution is 5.48. The maximum atomic E-state index is 13.6. The molecular weight excluding hydrogens is 213 g/mol. The predicted molar refractivity (Wildman–Crippen MR) is 58.0 cm³/mol. The predicted octanol–water partition coefficient (Wildman–Crippen LogP) is 1.23. The van der Waals surface area contributed by atoms with Crippen LogP contribution in [-0.2, 0) is 0 Å². The van der Waals surface area contributed by atoms with Crippen LogP contribution in [0.25, 0.3) is 0 Å². The maximum Gasteiger partial charge on any atom is 0.207 e. The van der Waals surface area contributed by atoms with Crippen molar-refractivity contribution in [3.8, 4) is 11.5 Å². The quantitative estimate of drug-likeness (QED) is 0.725. The fraction of sp³-hybridized carbons (Fsp3) is 0.455. The minimum absolute atomic E-state index is 0.0115. The van der Waals surface area contributed by atoms with Crippen LogP contribution in [0.1, 0.15) is 23.6 Å². The van der Waals surface area contributed by atoms with E-state index in [9.17, 15) is 9.50 Å². The molecule has 0 saturated carbocycles. The molecule has 0 spiro atoms. The number of rotatable bonds is 4. The second-order valence-corrected chi connectivity index (χ2v) is 3.60. The van der Waals surface area contributed by atoms with E-state index in [4.69, 9.17) is 15.6 Å². The zero-order chi connectivity index (χ0) is 12.3. The average Bonchev–Trinajstić information content (AvgIpc) is 2.24. The van der Waals surface area contributed by atoms with Crippen LogP contribution in [0.3, 0.4) is 0 Å². The van der Waals surface area contributed by atoms with Crippen LogP contribution in [0.2, 0.25) is 0 Å². The zero-order valence-electron chi connectivity index (χ0n) is 9.33. The third kappa shape index (κ3) is 2.25. The number of phenolic OH excluding ortho intramolecular Hbond substituents is 1. The van der Waals surface area contributed by atoms with Gasteiger partial charge in [-0.2, -0.15) is 4.39 Å². The van der Waals surface area contributed by atoms with Crippen molar-refractivity contribution in [2.24, 2.45) is 5.73 Å². The Morgan fingerprint density at radius 1 is 1.56 bits per heavy atom. The Bertz CT molecular complexity index is 382. The van der Waals surface area contributed by atoms with Gasteiger partial charge in [-0.15, -0.1) is 0 Å². The molecule has 4 N–H and O–H groups in total. The molecule has 1 atom stereocenters. The van der Waals surface area contributed by atoms with Crippen molar-refractivity contribution in [3.05, 3.63) is 23.0 Å². The third-order valence-corrected chi connectivity index (χ3v) is 2.45. The zero-order valence-corrected chi connectivity index (χ0v) is 9.33. The minimum Gasteiger partial charge on any atom is -0.504 e. The molecule has 0 aliphatic rings. The number of aryl methyl sites for hydroxylation is 1. The lowest BCUT2D eigenvalue weighted by Gasteiger charge is -2.16. The van der Waals surface area contributed by atoms with Gasteiger partial charge in [0, 0.05) is 18.2 Å². The van der Waals surface area contributed by atoms with Gasteiger partial charge in [0.15, 0.2) is 11.5 Å². The number of halogens is 1. The topological polar surface area (TPSA) is 75.7 Å². The second kappa shape index (κ2) is 5.14. The molecule has 1 aromatic carbocycles. The largest absolute Gasteiger partial charge is 0.504 e. The highest BCUT2D eigenvalue weighted by Gasteiger charge is 2.19. The summed E-state index contributed by atoms with van der Waals surface area (Å²) in [5, 5.41) is 18.4. The summed E-state index contributed by atoms with van der Waals surface area (Å²) < 4.78 is 18.5. The van der Waals surface area contributed by atoms with E-state index in [1.165, 1.54) is 7.11 Å². The number of aliphatic hydroxyl groups is 1. The Kier molecular flexibility index (Phi) is 4.09. The van der Waals surface area contributed by atoms with Crippen LogP contribution in [0.15, 0.2) is 6.07 Å². The van der Waals surface area contributed by atoms with E-state index in [1.807, 2.05) is 0 Å². The van der Waals surface area contributed by atoms with Gasteiger partial charge in [0.1, 0.15) is 0 Å². The number of hydrogen-bond donors (Lipinski definition) is 3. The van der Waals surface area contributed by atoms with Gasteiger partial charge in [-0.05, 0) is 25.0 Å². The lowest BCUT2D eigenvalue weighted by atomic mass is 10.0. The fourth-order valence-corrected chi connectivity index (χ4v) is 1.60. The number of hydrogen-bond acceptors (Lipinski definition) is 4. The normalized spacial score (nSPS) is 12.6. The lowest BCUT2D eigenvalue weighted by molar-refractivity contribution is 0.274. The van der Waals surface area contributed by atoms with Crippen molar-refractivity contribution in [2.45, 2.75) is 19.4 Å². The molecule has 5 heteroatoms. The molecule has 0 aliphatic carbocycles. The van der Waals surface area contributed by atoms with Gasteiger partial charge in [0.25, 0.3) is 0 Å². The summed E-state index contributed by atoms with van der Waals surface area (Å²) >= 11 is 0. The van der Waals surface area contributed by atoms with Crippen LogP contribution in [0.4, 0.5) is 4.39 Å². The molecule has 0 saturated heterocycles. The van der Waals surface area contributed by atoms with Crippen molar-refractivity contribution >= 4 is 0 Å². The molecule has 90 valence electrons. The molecule has 16 heavy (non-hydrogen) atoms. The molecule has 0 heterocycles. The Morgan fingerprint density at radius 2 is 2.19 bits per heavy atom. The second-order valence-electron chi connectivity index (χ2n) is 3.60. The van der Waals surface area contributed by atoms with Gasteiger partial charge in [-0.25, -0.2) is 0 Å². The maximum absolute atomic E-state index is 13.6. The highest BCUT2D eigenvalue weighted by atomic mass is 19.1. The fourth-order valence-electron chi connectivity index (χ4n) is 1.60. The summed E-state index contributed by atoms with van der Waals surface area (Å²) in [5.74, 6) is -1.31. The molecule has 0 aromatic heterocycles. The first-order valence-electron chi connectivity index (χ1n) is 4.95. The molecule has 1 unspecified atom stereocenters. The van der Waals surface area contributed by atoms with Crippen LogP contribution >= 0.6 is 0 Å². The summed E-state index contributed by atoms with van der Waals surface area (Å²) in [5.41, 5.74) is 6.55. The molecule has 0 amide bonds. The number of aromatic hydroxyl groups is 1. The summed E-state index contributed by atoms with van der Waals surface area (Å²) in [4.78, 5) is 0. The number of phenols is 1. The number of methoxy groups -OCH3 is 1. The van der Waals surface area contributed by atoms with Gasteiger partial charge in [-0.1, -0.05) is 0 Å². The van der Waals surface area contributed by atoms with Gasteiger partial charge >= 0.3 is 0 Å². The summed E-state index contributed by atoms with van der Waals surface area (Å²) in [6, 6.07) is 0.974. The van der Waals surface area contributed by atoms with Crippen molar-refractivity contribution in [3.63, 3.8) is 0 Å². The summed E-state index contributed by atoms with van der Waals surface area (Å²) in [7, 11) is 1.33. The lowest BCUT2D eigenvalue weighted by Crippen LogP contribution is -2.13. The molecule has 0 aliphatic heterocycles. The Hall–Kier alpha value is -1.33. The van der Waals surface area contributed by atoms with Crippen LogP contribution in [0.5, 0.6) is 11.5 Å². The van der Waals surface area contributed by atoms with Gasteiger partial charge in [0.2, 0.25) is 5.82 Å². The molecule has 0 radical (unpaired) electrons. The van der Waals surface area contributed by atoms with E-state index in [2.05, 4.69) is 0 Å².